The predicted molar refractivity (Wildman–Crippen MR) is 152 cm³/mol. The fraction of sp³-hybridized carbons (Fsp3) is 0.259. The maximum Gasteiger partial charge on any atom is 0.264 e. The van der Waals surface area contributed by atoms with Gasteiger partial charge in [-0.1, -0.05) is 72.1 Å². The van der Waals surface area contributed by atoms with E-state index < -0.39 is 28.5 Å². The number of hydrogen-bond acceptors (Lipinski definition) is 4. The summed E-state index contributed by atoms with van der Waals surface area (Å²) in [6.45, 7) is 3.39. The third-order valence-electron chi connectivity index (χ3n) is 5.75. The van der Waals surface area contributed by atoms with Gasteiger partial charge in [-0.3, -0.25) is 13.9 Å². The van der Waals surface area contributed by atoms with Gasteiger partial charge in [0.1, 0.15) is 12.6 Å². The molecule has 0 spiro atoms. The Balaban J connectivity index is 2.04. The van der Waals surface area contributed by atoms with E-state index in [1.54, 1.807) is 49.4 Å². The van der Waals surface area contributed by atoms with Crippen LogP contribution in [0.1, 0.15) is 25.8 Å². The second kappa shape index (κ2) is 13.3. The number of carbonyl (C=O) groups is 2. The van der Waals surface area contributed by atoms with Crippen molar-refractivity contribution >= 4 is 62.3 Å². The van der Waals surface area contributed by atoms with E-state index in [0.29, 0.717) is 22.2 Å². The molecule has 202 valence electrons. The lowest BCUT2D eigenvalue weighted by Gasteiger charge is -2.32. The summed E-state index contributed by atoms with van der Waals surface area (Å²) in [5, 5.41) is 3.63. The highest BCUT2D eigenvalue weighted by molar-refractivity contribution is 7.92. The molecule has 0 aliphatic carbocycles. The van der Waals surface area contributed by atoms with Gasteiger partial charge in [-0.2, -0.15) is 0 Å². The summed E-state index contributed by atoms with van der Waals surface area (Å²) in [6.07, 6.45) is 0.721. The number of nitrogens with one attached hydrogen (secondary N) is 1. The van der Waals surface area contributed by atoms with E-state index in [1.165, 1.54) is 35.2 Å². The molecule has 1 unspecified atom stereocenters. The fourth-order valence-electron chi connectivity index (χ4n) is 3.73. The number of carbonyl (C=O) groups excluding carboxylic acids is 2. The topological polar surface area (TPSA) is 86.8 Å². The van der Waals surface area contributed by atoms with Gasteiger partial charge in [-0.15, -0.1) is 0 Å². The Kier molecular flexibility index (Phi) is 10.4. The molecule has 0 heterocycles. The van der Waals surface area contributed by atoms with Crippen LogP contribution >= 0.6 is 34.8 Å². The second-order valence-corrected chi connectivity index (χ2v) is 11.7. The monoisotopic (exact) mass is 595 g/mol. The summed E-state index contributed by atoms with van der Waals surface area (Å²) < 4.78 is 28.4. The lowest BCUT2D eigenvalue weighted by molar-refractivity contribution is -0.139. The van der Waals surface area contributed by atoms with Crippen molar-refractivity contribution in [3.05, 3.63) is 93.4 Å². The number of hydrogen-bond donors (Lipinski definition) is 1. The number of halogens is 3. The lowest BCUT2D eigenvalue weighted by Crippen LogP contribution is -2.51. The molecule has 0 bridgehead atoms. The Bertz CT molecular complexity index is 1390. The van der Waals surface area contributed by atoms with Crippen LogP contribution in [-0.2, 0) is 26.2 Å². The van der Waals surface area contributed by atoms with Crippen LogP contribution in [0.15, 0.2) is 77.7 Å². The van der Waals surface area contributed by atoms with Crippen LogP contribution in [0.4, 0.5) is 5.69 Å². The largest absolute Gasteiger partial charge is 0.354 e. The average molecular weight is 597 g/mol. The molecule has 0 aliphatic heterocycles. The Labute approximate surface area is 238 Å². The van der Waals surface area contributed by atoms with Crippen LogP contribution < -0.4 is 9.62 Å². The third kappa shape index (κ3) is 7.41. The maximum atomic E-state index is 13.8. The number of sulfonamides is 1. The van der Waals surface area contributed by atoms with Crippen LogP contribution in [0, 0.1) is 0 Å². The van der Waals surface area contributed by atoms with Gasteiger partial charge >= 0.3 is 0 Å². The highest BCUT2D eigenvalue weighted by atomic mass is 35.5. The number of rotatable bonds is 11. The number of amides is 2. The Hall–Kier alpha value is -2.78. The number of anilines is 1. The molecule has 0 saturated carbocycles. The van der Waals surface area contributed by atoms with Crippen LogP contribution in [0.5, 0.6) is 0 Å². The van der Waals surface area contributed by atoms with Gasteiger partial charge in [0, 0.05) is 23.1 Å². The molecule has 3 rings (SSSR count). The van der Waals surface area contributed by atoms with Gasteiger partial charge < -0.3 is 10.2 Å². The first kappa shape index (κ1) is 29.8. The van der Waals surface area contributed by atoms with Gasteiger partial charge in [0.15, 0.2) is 0 Å². The van der Waals surface area contributed by atoms with E-state index in [2.05, 4.69) is 5.32 Å². The molecule has 0 saturated heterocycles. The minimum absolute atomic E-state index is 0.0195. The predicted octanol–water partition coefficient (Wildman–Crippen LogP) is 5.79. The SMILES string of the molecule is CCCNC(=O)C(C)N(Cc1cccc(Cl)c1)C(=O)CN(c1ccc(Cl)cc1Cl)S(=O)(=O)c1ccccc1. The molecule has 2 amide bonds. The maximum absolute atomic E-state index is 13.8. The number of nitrogens with zero attached hydrogens (tertiary/aromatic N) is 2. The highest BCUT2D eigenvalue weighted by Crippen LogP contribution is 2.33. The smallest absolute Gasteiger partial charge is 0.264 e. The van der Waals surface area contributed by atoms with Gasteiger partial charge in [0.05, 0.1) is 15.6 Å². The van der Waals surface area contributed by atoms with Crippen molar-refractivity contribution in [3.63, 3.8) is 0 Å². The van der Waals surface area contributed by atoms with Crippen molar-refractivity contribution in [3.8, 4) is 0 Å². The number of benzene rings is 3. The first-order valence-corrected chi connectivity index (χ1v) is 14.5. The molecule has 0 aromatic heterocycles. The average Bonchev–Trinajstić information content (AvgIpc) is 2.89. The van der Waals surface area contributed by atoms with Gasteiger partial charge in [0.2, 0.25) is 11.8 Å². The van der Waals surface area contributed by atoms with Crippen LogP contribution in [0.2, 0.25) is 15.1 Å². The summed E-state index contributed by atoms with van der Waals surface area (Å²) in [7, 11) is -4.22. The third-order valence-corrected chi connectivity index (χ3v) is 8.29. The molecule has 38 heavy (non-hydrogen) atoms. The summed E-state index contributed by atoms with van der Waals surface area (Å²) >= 11 is 18.6. The molecule has 1 N–H and O–H groups in total. The molecule has 0 fully saturated rings. The Morgan fingerprint density at radius 1 is 0.921 bits per heavy atom. The van der Waals surface area contributed by atoms with E-state index >= 15 is 0 Å². The minimum atomic E-state index is -4.22. The molecule has 3 aromatic carbocycles. The van der Waals surface area contributed by atoms with Gasteiger partial charge in [-0.25, -0.2) is 8.42 Å². The van der Waals surface area contributed by atoms with Crippen molar-refractivity contribution in [2.24, 2.45) is 0 Å². The van der Waals surface area contributed by atoms with E-state index in [1.807, 2.05) is 6.92 Å². The van der Waals surface area contributed by atoms with Gasteiger partial charge in [-0.05, 0) is 61.4 Å². The minimum Gasteiger partial charge on any atom is -0.354 e. The quantitative estimate of drug-likeness (QED) is 0.304. The van der Waals surface area contributed by atoms with E-state index in [9.17, 15) is 18.0 Å². The van der Waals surface area contributed by atoms with Gasteiger partial charge in [0.25, 0.3) is 10.0 Å². The normalized spacial score (nSPS) is 12.0. The summed E-state index contributed by atoms with van der Waals surface area (Å²) in [5.74, 6) is -0.959. The van der Waals surface area contributed by atoms with E-state index in [4.69, 9.17) is 34.8 Å². The molecule has 11 heteroatoms. The van der Waals surface area contributed by atoms with E-state index in [-0.39, 0.29) is 28.1 Å². The molecule has 1 atom stereocenters. The summed E-state index contributed by atoms with van der Waals surface area (Å²) in [6, 6.07) is 18.1. The zero-order valence-electron chi connectivity index (χ0n) is 20.9. The van der Waals surface area contributed by atoms with Crippen LogP contribution in [0.3, 0.4) is 0 Å². The first-order chi connectivity index (χ1) is 18.0. The first-order valence-electron chi connectivity index (χ1n) is 11.9. The fourth-order valence-corrected chi connectivity index (χ4v) is 5.95. The van der Waals surface area contributed by atoms with Crippen molar-refractivity contribution in [1.29, 1.82) is 0 Å². The molecular formula is C27H28Cl3N3O4S. The molecule has 0 aliphatic rings. The van der Waals surface area contributed by atoms with Crippen molar-refractivity contribution < 1.29 is 18.0 Å². The Morgan fingerprint density at radius 3 is 2.24 bits per heavy atom. The standard InChI is InChI=1S/C27H28Cl3N3O4S/c1-3-14-31-27(35)19(2)32(17-20-8-7-9-21(28)15-20)26(34)18-33(25-13-12-22(29)16-24(25)30)38(36,37)23-10-5-4-6-11-23/h4-13,15-16,19H,3,14,17-18H2,1-2H3,(H,31,35). The Morgan fingerprint density at radius 2 is 1.61 bits per heavy atom. The summed E-state index contributed by atoms with van der Waals surface area (Å²) in [5.41, 5.74) is 0.766. The molecule has 7 nitrogen and oxygen atoms in total. The second-order valence-electron chi connectivity index (χ2n) is 8.54. The van der Waals surface area contributed by atoms with E-state index in [0.717, 1.165) is 10.7 Å². The highest BCUT2D eigenvalue weighted by Gasteiger charge is 2.33. The molecular weight excluding hydrogens is 569 g/mol. The van der Waals surface area contributed by atoms with Crippen molar-refractivity contribution in [1.82, 2.24) is 10.2 Å². The summed E-state index contributed by atoms with van der Waals surface area (Å²) in [4.78, 5) is 28.0. The van der Waals surface area contributed by atoms with Crippen molar-refractivity contribution in [2.45, 2.75) is 37.8 Å². The van der Waals surface area contributed by atoms with Crippen molar-refractivity contribution in [2.75, 3.05) is 17.4 Å². The lowest BCUT2D eigenvalue weighted by atomic mass is 10.1. The van der Waals surface area contributed by atoms with Crippen LogP contribution in [-0.4, -0.2) is 44.3 Å². The zero-order valence-corrected chi connectivity index (χ0v) is 24.0. The zero-order chi connectivity index (χ0) is 27.9. The molecule has 3 aromatic rings. The molecule has 0 radical (unpaired) electrons. The van der Waals surface area contributed by atoms with Crippen LogP contribution in [0.25, 0.3) is 0 Å².